The van der Waals surface area contributed by atoms with Crippen molar-refractivity contribution in [2.45, 2.75) is 38.5 Å². The van der Waals surface area contributed by atoms with Crippen LogP contribution in [0.5, 0.6) is 0 Å². The Morgan fingerprint density at radius 3 is 2.05 bits per heavy atom. The van der Waals surface area contributed by atoms with E-state index < -0.39 is 0 Å². The normalized spacial score (nSPS) is 36.5. The van der Waals surface area contributed by atoms with Crippen molar-refractivity contribution >= 4 is 23.1 Å². The van der Waals surface area contributed by atoms with Crippen LogP contribution in [0.1, 0.15) is 44.1 Å². The number of nitrogens with one attached hydrogen (secondary N) is 1. The fourth-order valence-electron chi connectivity index (χ4n) is 5.29. The Balaban J connectivity index is 1.51. The standard InChI is InChI=1S/C18H21NOS/c20-17(19-16(21)15-4-2-1-3-5-15)18-9-12-6-13(10-18)8-14(7-12)11-18/h1-5,12-14H,6-11H2,(H,19,20,21). The molecule has 110 valence electrons. The van der Waals surface area contributed by atoms with Gasteiger partial charge in [0.1, 0.15) is 4.99 Å². The van der Waals surface area contributed by atoms with Gasteiger partial charge in [-0.25, -0.2) is 0 Å². The van der Waals surface area contributed by atoms with Crippen molar-refractivity contribution in [3.63, 3.8) is 0 Å². The zero-order valence-electron chi connectivity index (χ0n) is 12.2. The molecular weight excluding hydrogens is 278 g/mol. The second kappa shape index (κ2) is 4.91. The minimum absolute atomic E-state index is 0.117. The summed E-state index contributed by atoms with van der Waals surface area (Å²) in [5, 5.41) is 3.05. The minimum atomic E-state index is -0.117. The van der Waals surface area contributed by atoms with Crippen LogP contribution in [-0.4, -0.2) is 10.9 Å². The van der Waals surface area contributed by atoms with Crippen molar-refractivity contribution in [2.24, 2.45) is 23.2 Å². The lowest BCUT2D eigenvalue weighted by Gasteiger charge is -2.55. The van der Waals surface area contributed by atoms with Crippen LogP contribution in [-0.2, 0) is 4.79 Å². The quantitative estimate of drug-likeness (QED) is 0.844. The van der Waals surface area contributed by atoms with E-state index in [9.17, 15) is 4.79 Å². The van der Waals surface area contributed by atoms with Gasteiger partial charge >= 0.3 is 0 Å². The number of hydrogen-bond acceptors (Lipinski definition) is 2. The lowest BCUT2D eigenvalue weighted by Crippen LogP contribution is -2.54. The largest absolute Gasteiger partial charge is 0.316 e. The highest BCUT2D eigenvalue weighted by Crippen LogP contribution is 2.60. The van der Waals surface area contributed by atoms with Gasteiger partial charge < -0.3 is 5.32 Å². The number of thiocarbonyl (C=S) groups is 1. The van der Waals surface area contributed by atoms with Gasteiger partial charge in [0.05, 0.1) is 5.41 Å². The minimum Gasteiger partial charge on any atom is -0.316 e. The molecule has 4 aliphatic rings. The van der Waals surface area contributed by atoms with Crippen LogP contribution in [0.15, 0.2) is 30.3 Å². The van der Waals surface area contributed by atoms with Gasteiger partial charge in [0.15, 0.2) is 0 Å². The average molecular weight is 299 g/mol. The Bertz CT molecular complexity index is 545. The summed E-state index contributed by atoms with van der Waals surface area (Å²) < 4.78 is 0. The van der Waals surface area contributed by atoms with Crippen LogP contribution in [0.3, 0.4) is 0 Å². The van der Waals surface area contributed by atoms with Crippen molar-refractivity contribution in [1.82, 2.24) is 5.32 Å². The lowest BCUT2D eigenvalue weighted by molar-refractivity contribution is -0.144. The second-order valence-corrected chi connectivity index (χ2v) is 7.76. The number of benzene rings is 1. The maximum absolute atomic E-state index is 12.9. The van der Waals surface area contributed by atoms with E-state index >= 15 is 0 Å². The number of amides is 1. The molecule has 0 spiro atoms. The highest BCUT2D eigenvalue weighted by molar-refractivity contribution is 7.80. The van der Waals surface area contributed by atoms with Crippen LogP contribution in [0, 0.1) is 23.2 Å². The van der Waals surface area contributed by atoms with Crippen LogP contribution in [0.2, 0.25) is 0 Å². The first-order chi connectivity index (χ1) is 10.1. The average Bonchev–Trinajstić information content (AvgIpc) is 2.46. The molecule has 1 aromatic rings. The summed E-state index contributed by atoms with van der Waals surface area (Å²) in [5.74, 6) is 2.54. The van der Waals surface area contributed by atoms with E-state index in [0.29, 0.717) is 4.99 Å². The predicted molar refractivity (Wildman–Crippen MR) is 86.9 cm³/mol. The molecule has 0 aliphatic heterocycles. The van der Waals surface area contributed by atoms with Crippen molar-refractivity contribution in [3.8, 4) is 0 Å². The second-order valence-electron chi connectivity index (χ2n) is 7.35. The maximum atomic E-state index is 12.9. The molecule has 0 unspecified atom stereocenters. The van der Waals surface area contributed by atoms with Crippen LogP contribution >= 0.6 is 12.2 Å². The van der Waals surface area contributed by atoms with Gasteiger partial charge in [0.2, 0.25) is 5.91 Å². The van der Waals surface area contributed by atoms with Gasteiger partial charge in [0, 0.05) is 5.56 Å². The molecule has 4 saturated carbocycles. The lowest BCUT2D eigenvalue weighted by atomic mass is 9.49. The van der Waals surface area contributed by atoms with Gasteiger partial charge in [-0.15, -0.1) is 0 Å². The first kappa shape index (κ1) is 13.4. The fourth-order valence-corrected chi connectivity index (χ4v) is 5.51. The molecule has 4 fully saturated rings. The summed E-state index contributed by atoms with van der Waals surface area (Å²) in [7, 11) is 0. The third-order valence-electron chi connectivity index (χ3n) is 5.78. The highest BCUT2D eigenvalue weighted by Gasteiger charge is 2.54. The predicted octanol–water partition coefficient (Wildman–Crippen LogP) is 3.69. The van der Waals surface area contributed by atoms with Crippen LogP contribution in [0.25, 0.3) is 0 Å². The van der Waals surface area contributed by atoms with E-state index in [1.807, 2.05) is 30.3 Å². The fraction of sp³-hybridized carbons (Fsp3) is 0.556. The van der Waals surface area contributed by atoms with E-state index in [1.54, 1.807) is 0 Å². The number of hydrogen-bond donors (Lipinski definition) is 1. The first-order valence-corrected chi connectivity index (χ1v) is 8.46. The zero-order valence-corrected chi connectivity index (χ0v) is 13.0. The molecule has 21 heavy (non-hydrogen) atoms. The number of carbonyl (C=O) groups is 1. The van der Waals surface area contributed by atoms with Crippen LogP contribution < -0.4 is 5.32 Å². The molecule has 3 heteroatoms. The Hall–Kier alpha value is -1.22. The zero-order chi connectivity index (χ0) is 14.4. The molecule has 4 aliphatic carbocycles. The molecule has 5 rings (SSSR count). The van der Waals surface area contributed by atoms with Crippen LogP contribution in [0.4, 0.5) is 0 Å². The molecule has 1 amide bonds. The Labute approximate surface area is 131 Å². The van der Waals surface area contributed by atoms with E-state index in [2.05, 4.69) is 5.32 Å². The van der Waals surface area contributed by atoms with Crippen molar-refractivity contribution in [1.29, 1.82) is 0 Å². The first-order valence-electron chi connectivity index (χ1n) is 8.05. The maximum Gasteiger partial charge on any atom is 0.231 e. The summed E-state index contributed by atoms with van der Waals surface area (Å²) in [6.07, 6.45) is 7.33. The summed E-state index contributed by atoms with van der Waals surface area (Å²) in [5.41, 5.74) is 0.818. The Kier molecular flexibility index (Phi) is 3.14. The molecule has 1 N–H and O–H groups in total. The van der Waals surface area contributed by atoms with Gasteiger partial charge in [0.25, 0.3) is 0 Å². The summed E-state index contributed by atoms with van der Waals surface area (Å²) in [6, 6.07) is 9.80. The molecular formula is C18H21NOS. The number of rotatable bonds is 2. The van der Waals surface area contributed by atoms with Crippen molar-refractivity contribution in [2.75, 3.05) is 0 Å². The summed E-state index contributed by atoms with van der Waals surface area (Å²) in [4.78, 5) is 13.5. The third kappa shape index (κ3) is 2.32. The Morgan fingerprint density at radius 1 is 1.00 bits per heavy atom. The highest BCUT2D eigenvalue weighted by atomic mass is 32.1. The smallest absolute Gasteiger partial charge is 0.231 e. The number of carbonyl (C=O) groups excluding carboxylic acids is 1. The van der Waals surface area contributed by atoms with E-state index in [4.69, 9.17) is 12.2 Å². The molecule has 2 nitrogen and oxygen atoms in total. The monoisotopic (exact) mass is 299 g/mol. The van der Waals surface area contributed by atoms with Crippen molar-refractivity contribution in [3.05, 3.63) is 35.9 Å². The van der Waals surface area contributed by atoms with Crippen molar-refractivity contribution < 1.29 is 4.79 Å². The van der Waals surface area contributed by atoms with Gasteiger partial charge in [-0.2, -0.15) is 0 Å². The van der Waals surface area contributed by atoms with E-state index in [-0.39, 0.29) is 11.3 Å². The molecule has 0 radical (unpaired) electrons. The molecule has 0 saturated heterocycles. The van der Waals surface area contributed by atoms with Gasteiger partial charge in [-0.1, -0.05) is 42.5 Å². The summed E-state index contributed by atoms with van der Waals surface area (Å²) in [6.45, 7) is 0. The van der Waals surface area contributed by atoms with Gasteiger partial charge in [-0.05, 0) is 56.3 Å². The van der Waals surface area contributed by atoms with Gasteiger partial charge in [-0.3, -0.25) is 4.79 Å². The molecule has 1 aromatic carbocycles. The topological polar surface area (TPSA) is 29.1 Å². The summed E-state index contributed by atoms with van der Waals surface area (Å²) >= 11 is 5.42. The SMILES string of the molecule is O=C(NC(=S)c1ccccc1)C12CC3CC(CC(C3)C1)C2. The molecule has 4 bridgehead atoms. The van der Waals surface area contributed by atoms with E-state index in [1.165, 1.54) is 19.3 Å². The third-order valence-corrected chi connectivity index (χ3v) is 6.12. The van der Waals surface area contributed by atoms with E-state index in [0.717, 1.165) is 42.6 Å². The molecule has 0 atom stereocenters. The Morgan fingerprint density at radius 2 is 1.52 bits per heavy atom. The molecule has 0 heterocycles. The molecule has 0 aromatic heterocycles.